The molecule has 4 heterocycles. The van der Waals surface area contributed by atoms with Crippen LogP contribution < -0.4 is 10.7 Å². The van der Waals surface area contributed by atoms with Gasteiger partial charge in [-0.2, -0.15) is 5.43 Å². The zero-order valence-corrected chi connectivity index (χ0v) is 15.3. The number of rotatable bonds is 2. The molecule has 0 amide bonds. The number of hydrazone groups is 1. The van der Waals surface area contributed by atoms with E-state index in [4.69, 9.17) is 4.99 Å². The van der Waals surface area contributed by atoms with Crippen molar-refractivity contribution < 1.29 is 0 Å². The summed E-state index contributed by atoms with van der Waals surface area (Å²) in [6, 6.07) is 0.554. The fraction of sp³-hybridized carbons (Fsp3) is 0.588. The minimum Gasteiger partial charge on any atom is -0.339 e. The normalized spacial score (nSPS) is 31.8. The van der Waals surface area contributed by atoms with Crippen molar-refractivity contribution in [2.24, 2.45) is 15.1 Å². The molecule has 8 nitrogen and oxygen atoms in total. The van der Waals surface area contributed by atoms with E-state index in [-0.39, 0.29) is 12.3 Å². The Balaban J connectivity index is 1.41. The molecule has 0 aromatic heterocycles. The summed E-state index contributed by atoms with van der Waals surface area (Å²) >= 11 is 0. The zero-order chi connectivity index (χ0) is 17.6. The standard InChI is InChI=1S/C17H26N8/c1-11-10-18-13(3)25-16(11)19-14(21-25)7-8-15-20-17(22-23(15)4)24-9-5-6-12(24)2/h7-8,10,12,14-15,21H,5-6,9H2,1-4H3,(H,20,22)/b8-7+. The van der Waals surface area contributed by atoms with E-state index in [1.807, 2.05) is 37.1 Å². The number of amidine groups is 2. The molecule has 0 saturated carbocycles. The lowest BCUT2D eigenvalue weighted by atomic mass is 10.2. The number of guanidine groups is 1. The second-order valence-electron chi connectivity index (χ2n) is 7.01. The number of hydrazine groups is 1. The van der Waals surface area contributed by atoms with Gasteiger partial charge in [-0.3, -0.25) is 5.01 Å². The molecular weight excluding hydrogens is 316 g/mol. The smallest absolute Gasteiger partial charge is 0.218 e. The van der Waals surface area contributed by atoms with Gasteiger partial charge in [-0.1, -0.05) is 0 Å². The second kappa shape index (κ2) is 6.18. The quantitative estimate of drug-likeness (QED) is 0.734. The van der Waals surface area contributed by atoms with Gasteiger partial charge in [0.15, 0.2) is 0 Å². The van der Waals surface area contributed by atoms with E-state index in [0.717, 1.165) is 29.7 Å². The van der Waals surface area contributed by atoms with Gasteiger partial charge in [-0.25, -0.2) is 15.0 Å². The van der Waals surface area contributed by atoms with Crippen molar-refractivity contribution >= 4 is 17.6 Å². The lowest BCUT2D eigenvalue weighted by Crippen LogP contribution is -2.45. The third-order valence-corrected chi connectivity index (χ3v) is 5.09. The molecule has 25 heavy (non-hydrogen) atoms. The Labute approximate surface area is 148 Å². The van der Waals surface area contributed by atoms with E-state index in [1.165, 1.54) is 12.8 Å². The summed E-state index contributed by atoms with van der Waals surface area (Å²) in [6.45, 7) is 7.34. The van der Waals surface area contributed by atoms with Crippen molar-refractivity contribution in [3.63, 3.8) is 0 Å². The monoisotopic (exact) mass is 342 g/mol. The van der Waals surface area contributed by atoms with Crippen molar-refractivity contribution in [3.05, 3.63) is 23.9 Å². The molecule has 8 heteroatoms. The fourth-order valence-corrected chi connectivity index (χ4v) is 3.57. The summed E-state index contributed by atoms with van der Waals surface area (Å²) in [5.41, 5.74) is 4.43. The molecule has 0 aromatic carbocycles. The second-order valence-corrected chi connectivity index (χ2v) is 7.01. The number of fused-ring (bicyclic) bond motifs is 1. The highest BCUT2D eigenvalue weighted by Gasteiger charge is 2.31. The highest BCUT2D eigenvalue weighted by molar-refractivity contribution is 6.10. The molecule has 4 rings (SSSR count). The maximum atomic E-state index is 4.74. The average Bonchev–Trinajstić information content (AvgIpc) is 3.28. The first-order valence-corrected chi connectivity index (χ1v) is 8.91. The zero-order valence-electron chi connectivity index (χ0n) is 15.3. The Hall–Kier alpha value is -2.35. The average molecular weight is 342 g/mol. The van der Waals surface area contributed by atoms with Crippen LogP contribution in [0, 0.1) is 0 Å². The summed E-state index contributed by atoms with van der Waals surface area (Å²) in [7, 11) is 2.00. The molecule has 0 radical (unpaired) electrons. The van der Waals surface area contributed by atoms with Crippen LogP contribution in [0.25, 0.3) is 0 Å². The molecule has 3 unspecified atom stereocenters. The van der Waals surface area contributed by atoms with Gasteiger partial charge in [0.1, 0.15) is 24.0 Å². The molecule has 0 aliphatic carbocycles. The van der Waals surface area contributed by atoms with E-state index < -0.39 is 0 Å². The van der Waals surface area contributed by atoms with Crippen molar-refractivity contribution in [3.8, 4) is 0 Å². The summed E-state index contributed by atoms with van der Waals surface area (Å²) in [6.07, 6.45) is 8.48. The Morgan fingerprint density at radius 2 is 2.12 bits per heavy atom. The molecule has 3 atom stereocenters. The summed E-state index contributed by atoms with van der Waals surface area (Å²) in [5, 5.41) is 12.1. The summed E-state index contributed by atoms with van der Waals surface area (Å²) < 4.78 is 0. The number of hydrogen-bond acceptors (Lipinski definition) is 8. The van der Waals surface area contributed by atoms with Crippen LogP contribution in [0.1, 0.15) is 33.6 Å². The van der Waals surface area contributed by atoms with Crippen LogP contribution in [0.3, 0.4) is 0 Å². The molecule has 1 fully saturated rings. The number of likely N-dealkylation sites (tertiary alicyclic amines) is 1. The molecule has 0 spiro atoms. The van der Waals surface area contributed by atoms with Gasteiger partial charge in [-0.15, -0.1) is 5.10 Å². The van der Waals surface area contributed by atoms with Crippen LogP contribution in [0.15, 0.2) is 39.0 Å². The van der Waals surface area contributed by atoms with Crippen molar-refractivity contribution in [2.75, 3.05) is 13.6 Å². The SMILES string of the molecule is CC1=CN=C(C)N2NC(/C=C/C3NC(N4CCCC4C)=NN3C)N=C12. The van der Waals surface area contributed by atoms with Crippen LogP contribution in [0.5, 0.6) is 0 Å². The Morgan fingerprint density at radius 3 is 2.84 bits per heavy atom. The molecule has 0 aromatic rings. The van der Waals surface area contributed by atoms with Gasteiger partial charge in [0.25, 0.3) is 0 Å². The Kier molecular flexibility index (Phi) is 3.99. The predicted molar refractivity (Wildman–Crippen MR) is 99.7 cm³/mol. The van der Waals surface area contributed by atoms with Crippen molar-refractivity contribution in [1.82, 2.24) is 25.7 Å². The van der Waals surface area contributed by atoms with E-state index in [1.54, 1.807) is 0 Å². The Bertz CT molecular complexity index is 703. The fourth-order valence-electron chi connectivity index (χ4n) is 3.57. The van der Waals surface area contributed by atoms with Crippen LogP contribution in [0.2, 0.25) is 0 Å². The maximum Gasteiger partial charge on any atom is 0.218 e. The third-order valence-electron chi connectivity index (χ3n) is 5.09. The first-order valence-electron chi connectivity index (χ1n) is 8.91. The number of likely N-dealkylation sites (N-methyl/N-ethyl adjacent to an activating group) is 1. The van der Waals surface area contributed by atoms with E-state index in [0.29, 0.717) is 6.04 Å². The van der Waals surface area contributed by atoms with E-state index in [2.05, 4.69) is 44.8 Å². The third kappa shape index (κ3) is 2.90. The first-order chi connectivity index (χ1) is 12.0. The molecule has 4 aliphatic rings. The van der Waals surface area contributed by atoms with Gasteiger partial charge in [0, 0.05) is 31.4 Å². The van der Waals surface area contributed by atoms with Crippen molar-refractivity contribution in [2.45, 2.75) is 52.0 Å². The molecule has 134 valence electrons. The van der Waals surface area contributed by atoms with Crippen LogP contribution in [-0.2, 0) is 0 Å². The highest BCUT2D eigenvalue weighted by Crippen LogP contribution is 2.20. The molecular formula is C17H26N8. The van der Waals surface area contributed by atoms with Gasteiger partial charge < -0.3 is 10.2 Å². The number of nitrogens with zero attached hydrogens (tertiary/aromatic N) is 6. The number of hydrogen-bond donors (Lipinski definition) is 2. The number of aliphatic imine (C=N–C) groups is 2. The van der Waals surface area contributed by atoms with Gasteiger partial charge >= 0.3 is 0 Å². The lowest BCUT2D eigenvalue weighted by molar-refractivity contribution is 0.312. The topological polar surface area (TPSA) is 70.9 Å². The summed E-state index contributed by atoms with van der Waals surface area (Å²) in [5.74, 6) is 2.83. The minimum absolute atomic E-state index is 0.0498. The molecule has 1 saturated heterocycles. The van der Waals surface area contributed by atoms with Crippen LogP contribution in [0.4, 0.5) is 0 Å². The number of nitrogens with one attached hydrogen (secondary N) is 2. The van der Waals surface area contributed by atoms with Crippen molar-refractivity contribution in [1.29, 1.82) is 0 Å². The highest BCUT2D eigenvalue weighted by atomic mass is 15.6. The molecule has 4 aliphatic heterocycles. The first kappa shape index (κ1) is 16.1. The maximum absolute atomic E-state index is 4.74. The minimum atomic E-state index is -0.0911. The van der Waals surface area contributed by atoms with E-state index in [9.17, 15) is 0 Å². The Morgan fingerprint density at radius 1 is 1.28 bits per heavy atom. The largest absolute Gasteiger partial charge is 0.339 e. The van der Waals surface area contributed by atoms with Gasteiger partial charge in [-0.05, 0) is 45.8 Å². The summed E-state index contributed by atoms with van der Waals surface area (Å²) in [4.78, 5) is 11.5. The predicted octanol–water partition coefficient (Wildman–Crippen LogP) is 1.04. The van der Waals surface area contributed by atoms with Crippen LogP contribution >= 0.6 is 0 Å². The van der Waals surface area contributed by atoms with Gasteiger partial charge in [0.2, 0.25) is 5.96 Å². The molecule has 2 N–H and O–H groups in total. The lowest BCUT2D eigenvalue weighted by Gasteiger charge is -2.23. The van der Waals surface area contributed by atoms with Crippen LogP contribution in [-0.4, -0.2) is 64.5 Å². The molecule has 0 bridgehead atoms. The van der Waals surface area contributed by atoms with E-state index >= 15 is 0 Å². The van der Waals surface area contributed by atoms with Gasteiger partial charge in [0.05, 0.1) is 0 Å².